The van der Waals surface area contributed by atoms with Crippen LogP contribution in [0.4, 0.5) is 8.78 Å². The van der Waals surface area contributed by atoms with Gasteiger partial charge in [0, 0.05) is 0 Å². The zero-order valence-corrected chi connectivity index (χ0v) is 12.1. The van der Waals surface area contributed by atoms with Gasteiger partial charge in [-0.3, -0.25) is 4.79 Å². The summed E-state index contributed by atoms with van der Waals surface area (Å²) in [6, 6.07) is 11.3. The Morgan fingerprint density at radius 2 is 1.77 bits per heavy atom. The van der Waals surface area contributed by atoms with Crippen LogP contribution in [-0.4, -0.2) is 17.1 Å². The smallest absolute Gasteiger partial charge is 0.249 e. The predicted octanol–water partition coefficient (Wildman–Crippen LogP) is 2.75. The molecule has 0 saturated carbocycles. The number of nitrogens with one attached hydrogen (secondary N) is 1. The topological polar surface area (TPSA) is 49.3 Å². The number of benzene rings is 2. The Morgan fingerprint density at radius 1 is 1.14 bits per heavy atom. The highest BCUT2D eigenvalue weighted by atomic mass is 19.1. The van der Waals surface area contributed by atoms with Gasteiger partial charge in [-0.15, -0.1) is 0 Å². The van der Waals surface area contributed by atoms with Crippen LogP contribution in [0.15, 0.2) is 48.5 Å². The van der Waals surface area contributed by atoms with E-state index in [2.05, 4.69) is 5.32 Å². The van der Waals surface area contributed by atoms with Crippen molar-refractivity contribution in [3.8, 4) is 0 Å². The molecule has 0 fully saturated rings. The third-order valence-electron chi connectivity index (χ3n) is 3.28. The van der Waals surface area contributed by atoms with Crippen molar-refractivity contribution in [1.29, 1.82) is 0 Å². The summed E-state index contributed by atoms with van der Waals surface area (Å²) < 4.78 is 26.7. The second-order valence-corrected chi connectivity index (χ2v) is 5.13. The molecule has 0 aliphatic carbocycles. The second kappa shape index (κ2) is 7.13. The molecule has 1 amide bonds. The van der Waals surface area contributed by atoms with E-state index in [-0.39, 0.29) is 5.82 Å². The van der Waals surface area contributed by atoms with Crippen molar-refractivity contribution in [2.75, 3.05) is 0 Å². The average molecular weight is 305 g/mol. The molecule has 0 aliphatic heterocycles. The lowest BCUT2D eigenvalue weighted by Crippen LogP contribution is -2.36. The summed E-state index contributed by atoms with van der Waals surface area (Å²) in [5.41, 5.74) is 1.22. The van der Waals surface area contributed by atoms with Crippen molar-refractivity contribution in [2.24, 2.45) is 0 Å². The molecule has 0 aromatic heterocycles. The van der Waals surface area contributed by atoms with E-state index >= 15 is 0 Å². The van der Waals surface area contributed by atoms with E-state index in [0.29, 0.717) is 17.5 Å². The van der Waals surface area contributed by atoms with Crippen LogP contribution in [0.1, 0.15) is 24.1 Å². The first-order valence-corrected chi connectivity index (χ1v) is 6.94. The van der Waals surface area contributed by atoms with Gasteiger partial charge in [0.05, 0.1) is 6.04 Å². The largest absolute Gasteiger partial charge is 0.384 e. The zero-order chi connectivity index (χ0) is 16.1. The zero-order valence-electron chi connectivity index (χ0n) is 12.1. The van der Waals surface area contributed by atoms with Crippen LogP contribution in [0.5, 0.6) is 0 Å². The fraction of sp³-hybridized carbons (Fsp3) is 0.235. The van der Waals surface area contributed by atoms with Gasteiger partial charge < -0.3 is 10.4 Å². The minimum Gasteiger partial charge on any atom is -0.384 e. The van der Waals surface area contributed by atoms with E-state index in [9.17, 15) is 18.7 Å². The summed E-state index contributed by atoms with van der Waals surface area (Å²) in [6.07, 6.45) is -0.886. The lowest BCUT2D eigenvalue weighted by molar-refractivity contribution is -0.129. The molecule has 5 heteroatoms. The van der Waals surface area contributed by atoms with Gasteiger partial charge in [-0.25, -0.2) is 8.78 Å². The number of rotatable bonds is 5. The van der Waals surface area contributed by atoms with E-state index in [1.165, 1.54) is 37.3 Å². The summed E-state index contributed by atoms with van der Waals surface area (Å²) in [5.74, 6) is -1.36. The van der Waals surface area contributed by atoms with Crippen LogP contribution in [0.25, 0.3) is 0 Å². The number of amides is 1. The number of carbonyl (C=O) groups is 1. The molecule has 2 N–H and O–H groups in total. The molecule has 2 unspecified atom stereocenters. The lowest BCUT2D eigenvalue weighted by Gasteiger charge is -2.20. The number of aliphatic hydroxyl groups excluding tert-OH is 1. The van der Waals surface area contributed by atoms with Crippen molar-refractivity contribution < 1.29 is 18.7 Å². The van der Waals surface area contributed by atoms with Crippen molar-refractivity contribution in [3.63, 3.8) is 0 Å². The number of aliphatic hydroxyl groups is 1. The maximum atomic E-state index is 13.4. The van der Waals surface area contributed by atoms with Gasteiger partial charge >= 0.3 is 0 Å². The van der Waals surface area contributed by atoms with E-state index < -0.39 is 23.9 Å². The van der Waals surface area contributed by atoms with Gasteiger partial charge in [0.2, 0.25) is 5.91 Å². The van der Waals surface area contributed by atoms with Crippen LogP contribution in [0, 0.1) is 11.6 Å². The van der Waals surface area contributed by atoms with Crippen molar-refractivity contribution >= 4 is 5.91 Å². The minimum absolute atomic E-state index is 0.291. The number of hydrogen-bond donors (Lipinski definition) is 2. The molecule has 2 rings (SSSR count). The summed E-state index contributed by atoms with van der Waals surface area (Å²) in [7, 11) is 0. The lowest BCUT2D eigenvalue weighted by atomic mass is 9.98. The molecule has 3 nitrogen and oxygen atoms in total. The molecule has 22 heavy (non-hydrogen) atoms. The Morgan fingerprint density at radius 3 is 2.36 bits per heavy atom. The van der Waals surface area contributed by atoms with Gasteiger partial charge in [0.1, 0.15) is 17.7 Å². The standard InChI is InChI=1S/C17H17F2NO2/c1-11(21)17(22)20-16(13-5-3-7-15(19)10-13)9-12-4-2-6-14(18)8-12/h2-8,10-11,16,21H,9H2,1H3,(H,20,22). The summed E-state index contributed by atoms with van der Waals surface area (Å²) in [4.78, 5) is 11.7. The Kier molecular flexibility index (Phi) is 5.22. The van der Waals surface area contributed by atoms with Crippen LogP contribution in [-0.2, 0) is 11.2 Å². The quantitative estimate of drug-likeness (QED) is 0.892. The molecule has 0 saturated heterocycles. The highest BCUT2D eigenvalue weighted by molar-refractivity contribution is 5.80. The molecule has 2 aromatic carbocycles. The fourth-order valence-corrected chi connectivity index (χ4v) is 2.17. The summed E-state index contributed by atoms with van der Waals surface area (Å²) in [6.45, 7) is 1.35. The minimum atomic E-state index is -1.18. The molecule has 0 spiro atoms. The number of halogens is 2. The summed E-state index contributed by atoms with van der Waals surface area (Å²) in [5, 5.41) is 12.0. The van der Waals surface area contributed by atoms with E-state index in [1.54, 1.807) is 18.2 Å². The fourth-order valence-electron chi connectivity index (χ4n) is 2.17. The van der Waals surface area contributed by atoms with Crippen LogP contribution >= 0.6 is 0 Å². The SMILES string of the molecule is CC(O)C(=O)NC(Cc1cccc(F)c1)c1cccc(F)c1. The first-order valence-electron chi connectivity index (χ1n) is 6.94. The maximum absolute atomic E-state index is 13.4. The molecule has 2 aromatic rings. The van der Waals surface area contributed by atoms with E-state index in [4.69, 9.17) is 0 Å². The second-order valence-electron chi connectivity index (χ2n) is 5.13. The van der Waals surface area contributed by atoms with Gasteiger partial charge in [-0.2, -0.15) is 0 Å². The molecular formula is C17H17F2NO2. The molecule has 0 radical (unpaired) electrons. The van der Waals surface area contributed by atoms with Gasteiger partial charge in [-0.05, 0) is 48.7 Å². The van der Waals surface area contributed by atoms with Gasteiger partial charge in [0.15, 0.2) is 0 Å². The Hall–Kier alpha value is -2.27. The highest BCUT2D eigenvalue weighted by Crippen LogP contribution is 2.20. The maximum Gasteiger partial charge on any atom is 0.249 e. The number of hydrogen-bond acceptors (Lipinski definition) is 2. The molecule has 0 heterocycles. The summed E-state index contributed by atoms with van der Waals surface area (Å²) >= 11 is 0. The molecular weight excluding hydrogens is 288 g/mol. The van der Waals surface area contributed by atoms with Crippen molar-refractivity contribution in [1.82, 2.24) is 5.32 Å². The van der Waals surface area contributed by atoms with Crippen molar-refractivity contribution in [3.05, 3.63) is 71.3 Å². The highest BCUT2D eigenvalue weighted by Gasteiger charge is 2.18. The predicted molar refractivity (Wildman–Crippen MR) is 79.1 cm³/mol. The molecule has 0 aliphatic rings. The third kappa shape index (κ3) is 4.36. The normalized spacial score (nSPS) is 13.5. The monoisotopic (exact) mass is 305 g/mol. The third-order valence-corrected chi connectivity index (χ3v) is 3.28. The van der Waals surface area contributed by atoms with Crippen LogP contribution in [0.3, 0.4) is 0 Å². The van der Waals surface area contributed by atoms with Gasteiger partial charge in [0.25, 0.3) is 0 Å². The molecule has 0 bridgehead atoms. The van der Waals surface area contributed by atoms with Crippen molar-refractivity contribution in [2.45, 2.75) is 25.5 Å². The Labute approximate surface area is 127 Å². The van der Waals surface area contributed by atoms with E-state index in [1.807, 2.05) is 0 Å². The first kappa shape index (κ1) is 16.1. The van der Waals surface area contributed by atoms with E-state index in [0.717, 1.165) is 0 Å². The first-order chi connectivity index (χ1) is 10.5. The molecule has 116 valence electrons. The van der Waals surface area contributed by atoms with Crippen LogP contribution in [0.2, 0.25) is 0 Å². The molecule has 2 atom stereocenters. The number of carbonyl (C=O) groups excluding carboxylic acids is 1. The average Bonchev–Trinajstić information content (AvgIpc) is 2.46. The van der Waals surface area contributed by atoms with Crippen LogP contribution < -0.4 is 5.32 Å². The van der Waals surface area contributed by atoms with Gasteiger partial charge in [-0.1, -0.05) is 24.3 Å². The Balaban J connectivity index is 2.26. The Bertz CT molecular complexity index is 659.